The van der Waals surface area contributed by atoms with E-state index in [-0.39, 0.29) is 24.3 Å². The number of para-hydroxylation sites is 1. The van der Waals surface area contributed by atoms with E-state index < -0.39 is 17.4 Å². The predicted octanol–water partition coefficient (Wildman–Crippen LogP) is -1.17. The van der Waals surface area contributed by atoms with Crippen LogP contribution >= 0.6 is 0 Å². The first-order chi connectivity index (χ1) is 13.4. The first kappa shape index (κ1) is 19.6. The van der Waals surface area contributed by atoms with Crippen LogP contribution in [0.4, 0.5) is 5.95 Å². The van der Waals surface area contributed by atoms with Gasteiger partial charge >= 0.3 is 5.69 Å². The predicted molar refractivity (Wildman–Crippen MR) is 105 cm³/mol. The molecule has 10 heteroatoms. The number of anilines is 1. The van der Waals surface area contributed by atoms with Crippen LogP contribution in [0.1, 0.15) is 5.56 Å². The largest absolute Gasteiger partial charge is 0.491 e. The second kappa shape index (κ2) is 8.28. The van der Waals surface area contributed by atoms with E-state index in [0.29, 0.717) is 24.8 Å². The topological polar surface area (TPSA) is 142 Å². The Hall–Kier alpha value is -3.11. The summed E-state index contributed by atoms with van der Waals surface area (Å²) in [6.07, 6.45) is -0.894. The number of hydrogen-bond donors (Lipinski definition) is 4. The normalized spacial score (nSPS) is 12.3. The van der Waals surface area contributed by atoms with Gasteiger partial charge in [0.05, 0.1) is 19.6 Å². The van der Waals surface area contributed by atoms with Crippen molar-refractivity contribution < 1.29 is 15.6 Å². The second-order valence-electron chi connectivity index (χ2n) is 6.55. The van der Waals surface area contributed by atoms with Crippen LogP contribution in [0.25, 0.3) is 11.2 Å². The Balaban J connectivity index is 1.90. The first-order valence-electron chi connectivity index (χ1n) is 9.01. The highest BCUT2D eigenvalue weighted by Gasteiger charge is 2.20. The molecule has 2 aromatic heterocycles. The molecule has 3 aromatic rings. The SMILES string of the molecule is Cc1ccccc1OC[C@@H](O)Cn1c(NCC[NH3+])nc2c1c(=O)[nH]c(=O)n2C. The molecule has 0 bridgehead atoms. The molecular formula is C18H25N6O4+. The van der Waals surface area contributed by atoms with E-state index in [1.807, 2.05) is 31.2 Å². The highest BCUT2D eigenvalue weighted by Crippen LogP contribution is 2.18. The molecule has 6 N–H and O–H groups in total. The van der Waals surface area contributed by atoms with Gasteiger partial charge in [0.1, 0.15) is 18.5 Å². The third-order valence-corrected chi connectivity index (χ3v) is 4.39. The Kier molecular flexibility index (Phi) is 5.81. The number of hydrogen-bond acceptors (Lipinski definition) is 6. The van der Waals surface area contributed by atoms with Crippen molar-refractivity contribution in [2.45, 2.75) is 19.6 Å². The highest BCUT2D eigenvalue weighted by atomic mass is 16.5. The minimum Gasteiger partial charge on any atom is -0.491 e. The van der Waals surface area contributed by atoms with E-state index >= 15 is 0 Å². The van der Waals surface area contributed by atoms with Gasteiger partial charge in [-0.15, -0.1) is 0 Å². The number of aliphatic hydroxyl groups excluding tert-OH is 1. The zero-order valence-corrected chi connectivity index (χ0v) is 15.9. The van der Waals surface area contributed by atoms with Crippen molar-refractivity contribution in [2.24, 2.45) is 7.05 Å². The summed E-state index contributed by atoms with van der Waals surface area (Å²) < 4.78 is 8.53. The Bertz CT molecular complexity index is 1080. The van der Waals surface area contributed by atoms with Crippen LogP contribution in [0.2, 0.25) is 0 Å². The molecule has 28 heavy (non-hydrogen) atoms. The second-order valence-corrected chi connectivity index (χ2v) is 6.55. The molecule has 0 unspecified atom stereocenters. The number of fused-ring (bicyclic) bond motifs is 1. The minimum atomic E-state index is -0.894. The molecule has 0 aliphatic heterocycles. The van der Waals surface area contributed by atoms with Gasteiger partial charge < -0.3 is 25.5 Å². The number of aliphatic hydroxyl groups is 1. The summed E-state index contributed by atoms with van der Waals surface area (Å²) in [4.78, 5) is 30.9. The summed E-state index contributed by atoms with van der Waals surface area (Å²) in [5, 5.41) is 13.6. The molecule has 2 heterocycles. The molecule has 0 saturated carbocycles. The van der Waals surface area contributed by atoms with Crippen LogP contribution in [0.15, 0.2) is 33.9 Å². The van der Waals surface area contributed by atoms with Crippen molar-refractivity contribution >= 4 is 17.1 Å². The Labute approximate surface area is 160 Å². The maximum Gasteiger partial charge on any atom is 0.329 e. The summed E-state index contributed by atoms with van der Waals surface area (Å²) in [5.74, 6) is 1.08. The fourth-order valence-electron chi connectivity index (χ4n) is 2.92. The quantitative estimate of drug-likeness (QED) is 0.382. The molecule has 10 nitrogen and oxygen atoms in total. The Morgan fingerprint density at radius 2 is 2.11 bits per heavy atom. The van der Waals surface area contributed by atoms with Crippen LogP contribution in [0.5, 0.6) is 5.75 Å². The highest BCUT2D eigenvalue weighted by molar-refractivity contribution is 5.74. The molecule has 0 aliphatic carbocycles. The van der Waals surface area contributed by atoms with Gasteiger partial charge in [-0.3, -0.25) is 14.3 Å². The number of imidazole rings is 1. The standard InChI is InChI=1S/C18H24N6O4/c1-11-5-3-4-6-13(11)28-10-12(25)9-24-14-15(21-17(24)20-8-7-19)23(2)18(27)22-16(14)26/h3-6,12,25H,7-10,19H2,1-2H3,(H,20,21)(H,22,26,27)/p+1/t12-/m0/s1. The van der Waals surface area contributed by atoms with Gasteiger partial charge in [0.15, 0.2) is 11.2 Å². The van der Waals surface area contributed by atoms with Crippen LogP contribution in [-0.2, 0) is 13.6 Å². The number of benzene rings is 1. The van der Waals surface area contributed by atoms with Gasteiger partial charge in [0, 0.05) is 7.05 Å². The summed E-state index contributed by atoms with van der Waals surface area (Å²) in [7, 11) is 1.53. The van der Waals surface area contributed by atoms with Crippen molar-refractivity contribution in [2.75, 3.05) is 25.0 Å². The molecule has 1 aromatic carbocycles. The number of rotatable bonds is 8. The third-order valence-electron chi connectivity index (χ3n) is 4.39. The van der Waals surface area contributed by atoms with Crippen molar-refractivity contribution in [3.05, 3.63) is 50.7 Å². The molecule has 0 fully saturated rings. The van der Waals surface area contributed by atoms with Crippen molar-refractivity contribution in [1.29, 1.82) is 0 Å². The molecule has 150 valence electrons. The van der Waals surface area contributed by atoms with Crippen molar-refractivity contribution in [3.8, 4) is 5.75 Å². The van der Waals surface area contributed by atoms with Gasteiger partial charge in [-0.1, -0.05) is 18.2 Å². The first-order valence-corrected chi connectivity index (χ1v) is 9.01. The van der Waals surface area contributed by atoms with Crippen molar-refractivity contribution in [1.82, 2.24) is 19.1 Å². The van der Waals surface area contributed by atoms with Gasteiger partial charge in [-0.25, -0.2) is 4.79 Å². The fourth-order valence-corrected chi connectivity index (χ4v) is 2.92. The number of aromatic nitrogens is 4. The number of nitrogens with zero attached hydrogens (tertiary/aromatic N) is 3. The smallest absolute Gasteiger partial charge is 0.329 e. The van der Waals surface area contributed by atoms with E-state index in [2.05, 4.69) is 21.0 Å². The molecule has 0 saturated heterocycles. The van der Waals surface area contributed by atoms with E-state index in [0.717, 1.165) is 5.56 Å². The maximum atomic E-state index is 12.4. The minimum absolute atomic E-state index is 0.0446. The lowest BCUT2D eigenvalue weighted by Crippen LogP contribution is -2.53. The van der Waals surface area contributed by atoms with E-state index in [1.54, 1.807) is 4.57 Å². The summed E-state index contributed by atoms with van der Waals surface area (Å²) >= 11 is 0. The average Bonchev–Trinajstić information content (AvgIpc) is 3.02. The van der Waals surface area contributed by atoms with Crippen molar-refractivity contribution in [3.63, 3.8) is 0 Å². The molecular weight excluding hydrogens is 364 g/mol. The van der Waals surface area contributed by atoms with Crippen LogP contribution < -0.4 is 27.0 Å². The van der Waals surface area contributed by atoms with Crippen LogP contribution in [0.3, 0.4) is 0 Å². The molecule has 3 rings (SSSR count). The lowest BCUT2D eigenvalue weighted by molar-refractivity contribution is -0.362. The molecule has 0 amide bonds. The summed E-state index contributed by atoms with van der Waals surface area (Å²) in [6.45, 7) is 3.18. The summed E-state index contributed by atoms with van der Waals surface area (Å²) in [6, 6.07) is 7.52. The number of aryl methyl sites for hydroxylation is 2. The Morgan fingerprint density at radius 3 is 2.82 bits per heavy atom. The lowest BCUT2D eigenvalue weighted by atomic mass is 10.2. The average molecular weight is 389 g/mol. The molecule has 0 spiro atoms. The molecule has 1 atom stereocenters. The van der Waals surface area contributed by atoms with E-state index in [9.17, 15) is 14.7 Å². The fraction of sp³-hybridized carbons (Fsp3) is 0.389. The number of aromatic amines is 1. The monoisotopic (exact) mass is 389 g/mol. The Morgan fingerprint density at radius 1 is 1.36 bits per heavy atom. The number of nitrogens with one attached hydrogen (secondary N) is 2. The molecule has 0 aliphatic rings. The number of H-pyrrole nitrogens is 1. The van der Waals surface area contributed by atoms with Crippen LogP contribution in [-0.4, -0.2) is 50.0 Å². The van der Waals surface area contributed by atoms with Gasteiger partial charge in [-0.05, 0) is 18.6 Å². The lowest BCUT2D eigenvalue weighted by Gasteiger charge is -2.16. The maximum absolute atomic E-state index is 12.4. The van der Waals surface area contributed by atoms with Crippen LogP contribution in [0, 0.1) is 6.92 Å². The van der Waals surface area contributed by atoms with E-state index in [1.165, 1.54) is 11.6 Å². The zero-order chi connectivity index (χ0) is 20.3. The number of ether oxygens (including phenoxy) is 1. The molecule has 0 radical (unpaired) electrons. The number of quaternary nitrogens is 1. The van der Waals surface area contributed by atoms with Gasteiger partial charge in [0.25, 0.3) is 5.56 Å². The van der Waals surface area contributed by atoms with Gasteiger partial charge in [-0.2, -0.15) is 4.98 Å². The van der Waals surface area contributed by atoms with Gasteiger partial charge in [0.2, 0.25) is 5.95 Å². The zero-order valence-electron chi connectivity index (χ0n) is 15.9. The third kappa shape index (κ3) is 3.92. The van der Waals surface area contributed by atoms with E-state index in [4.69, 9.17) is 4.74 Å². The summed E-state index contributed by atoms with van der Waals surface area (Å²) in [5.41, 5.74) is 4.09.